The fourth-order valence-corrected chi connectivity index (χ4v) is 6.96. The maximum atomic E-state index is 13.6. The number of piperidine rings is 2. The Labute approximate surface area is 176 Å². The van der Waals surface area contributed by atoms with Gasteiger partial charge in [-0.3, -0.25) is 0 Å². The number of hydrogen-bond donors (Lipinski definition) is 1. The Morgan fingerprint density at radius 3 is 1.61 bits per heavy atom. The van der Waals surface area contributed by atoms with E-state index in [1.807, 2.05) is 0 Å². The Kier molecular flexibility index (Phi) is 6.93. The van der Waals surface area contributed by atoms with Crippen molar-refractivity contribution in [2.45, 2.75) is 48.3 Å². The zero-order chi connectivity index (χ0) is 20.5. The summed E-state index contributed by atoms with van der Waals surface area (Å²) in [5.74, 6) is 0. The van der Waals surface area contributed by atoms with Crippen molar-refractivity contribution in [3.63, 3.8) is 0 Å². The molecule has 0 radical (unpaired) electrons. The summed E-state index contributed by atoms with van der Waals surface area (Å²) in [5.41, 5.74) is 0. The Balaban J connectivity index is 2.10. The van der Waals surface area contributed by atoms with E-state index in [-0.39, 0.29) is 14.9 Å². The number of nitrogens with two attached hydrogens (primary N) is 1. The molecular formula is C16H24Cl2N4O4S2. The maximum Gasteiger partial charge on any atom is 0.271 e. The van der Waals surface area contributed by atoms with Gasteiger partial charge in [0.05, 0.1) is 10.0 Å². The number of nitrogens with zero attached hydrogens (tertiary/aromatic N) is 3. The minimum Gasteiger partial charge on any atom is -0.225 e. The van der Waals surface area contributed by atoms with Gasteiger partial charge < -0.3 is 0 Å². The number of sulfonamides is 2. The Morgan fingerprint density at radius 2 is 1.18 bits per heavy atom. The summed E-state index contributed by atoms with van der Waals surface area (Å²) in [6.07, 6.45) is 5.63. The molecule has 2 aliphatic rings. The van der Waals surface area contributed by atoms with Gasteiger partial charge in [-0.2, -0.15) is 0 Å². The highest BCUT2D eigenvalue weighted by Crippen LogP contribution is 2.34. The van der Waals surface area contributed by atoms with Crippen LogP contribution in [-0.2, 0) is 20.0 Å². The zero-order valence-corrected chi connectivity index (χ0v) is 18.5. The number of hydrogen-bond acceptors (Lipinski definition) is 6. The molecule has 12 heteroatoms. The average molecular weight is 471 g/mol. The first-order chi connectivity index (χ1) is 13.1. The van der Waals surface area contributed by atoms with Crippen LogP contribution in [0.4, 0.5) is 0 Å². The van der Waals surface area contributed by atoms with E-state index < -0.39 is 24.9 Å². The molecule has 158 valence electrons. The molecular weight excluding hydrogens is 447 g/mol. The standard InChI is InChI=1S/C16H24Cl2N4O4S2/c17-13-11-14(18)16(12-15(13)27(19,23)24)28(25,26)22(20-7-3-1-4-8-20)21-9-5-2-6-10-21/h11-12H,1-10H2,(H2,19,23,24). The monoisotopic (exact) mass is 470 g/mol. The van der Waals surface area contributed by atoms with Crippen LogP contribution < -0.4 is 5.14 Å². The highest BCUT2D eigenvalue weighted by atomic mass is 35.5. The fraction of sp³-hybridized carbons (Fsp3) is 0.625. The molecule has 0 saturated carbocycles. The third-order valence-corrected chi connectivity index (χ3v) is 8.52. The highest BCUT2D eigenvalue weighted by molar-refractivity contribution is 7.90. The smallest absolute Gasteiger partial charge is 0.225 e. The molecule has 0 amide bonds. The van der Waals surface area contributed by atoms with Crippen LogP contribution in [-0.4, -0.2) is 57.6 Å². The van der Waals surface area contributed by atoms with E-state index in [0.717, 1.165) is 50.7 Å². The van der Waals surface area contributed by atoms with Crippen LogP contribution in [0.5, 0.6) is 0 Å². The molecule has 0 aliphatic carbocycles. The summed E-state index contributed by atoms with van der Waals surface area (Å²) in [7, 11) is -8.37. The predicted molar refractivity (Wildman–Crippen MR) is 108 cm³/mol. The molecule has 2 N–H and O–H groups in total. The van der Waals surface area contributed by atoms with Crippen molar-refractivity contribution in [2.75, 3.05) is 26.2 Å². The van der Waals surface area contributed by atoms with E-state index in [1.165, 1.54) is 4.52 Å². The lowest BCUT2D eigenvalue weighted by molar-refractivity contribution is -0.125. The molecule has 0 spiro atoms. The third-order valence-electron chi connectivity index (χ3n) is 4.93. The lowest BCUT2D eigenvalue weighted by Crippen LogP contribution is -2.58. The fourth-order valence-electron chi connectivity index (χ4n) is 3.59. The van der Waals surface area contributed by atoms with E-state index in [0.29, 0.717) is 26.2 Å². The molecule has 28 heavy (non-hydrogen) atoms. The van der Waals surface area contributed by atoms with Gasteiger partial charge in [-0.25, -0.2) is 32.0 Å². The second-order valence-electron chi connectivity index (χ2n) is 7.01. The first kappa shape index (κ1) is 22.2. The summed E-state index contributed by atoms with van der Waals surface area (Å²) < 4.78 is 52.2. The van der Waals surface area contributed by atoms with Gasteiger partial charge in [0, 0.05) is 26.2 Å². The first-order valence-corrected chi connectivity index (χ1v) is 12.9. The minimum atomic E-state index is -4.21. The second kappa shape index (κ2) is 8.73. The van der Waals surface area contributed by atoms with E-state index in [9.17, 15) is 16.8 Å². The Bertz CT molecular complexity index is 910. The van der Waals surface area contributed by atoms with Crippen molar-refractivity contribution < 1.29 is 16.8 Å². The van der Waals surface area contributed by atoms with Crippen molar-refractivity contribution in [1.29, 1.82) is 0 Å². The molecule has 0 unspecified atom stereocenters. The number of halogens is 2. The van der Waals surface area contributed by atoms with Gasteiger partial charge in [-0.15, -0.1) is 0 Å². The lowest BCUT2D eigenvalue weighted by Gasteiger charge is -2.43. The first-order valence-electron chi connectivity index (χ1n) is 9.19. The molecule has 0 aromatic heterocycles. The molecule has 2 aliphatic heterocycles. The van der Waals surface area contributed by atoms with Gasteiger partial charge in [0.25, 0.3) is 10.0 Å². The topological polar surface area (TPSA) is 104 Å². The van der Waals surface area contributed by atoms with E-state index >= 15 is 0 Å². The molecule has 2 saturated heterocycles. The molecule has 1 aromatic rings. The summed E-state index contributed by atoms with van der Waals surface area (Å²) >= 11 is 12.1. The summed E-state index contributed by atoms with van der Waals surface area (Å²) in [4.78, 5) is -0.784. The van der Waals surface area contributed by atoms with Crippen LogP contribution in [0.3, 0.4) is 0 Å². The SMILES string of the molecule is NS(=O)(=O)c1cc(S(=O)(=O)N(N2CCCCC2)N2CCCCC2)c(Cl)cc1Cl. The molecule has 0 bridgehead atoms. The summed E-state index contributed by atoms with van der Waals surface area (Å²) in [6, 6.07) is 2.07. The Morgan fingerprint density at radius 1 is 0.750 bits per heavy atom. The quantitative estimate of drug-likeness (QED) is 0.708. The number of benzene rings is 1. The van der Waals surface area contributed by atoms with Gasteiger partial charge in [-0.05, 0) is 37.8 Å². The van der Waals surface area contributed by atoms with Gasteiger partial charge in [-0.1, -0.05) is 40.6 Å². The molecule has 8 nitrogen and oxygen atoms in total. The Hall–Kier alpha value is -0.460. The highest BCUT2D eigenvalue weighted by Gasteiger charge is 2.38. The van der Waals surface area contributed by atoms with Crippen molar-refractivity contribution in [2.24, 2.45) is 5.14 Å². The molecule has 2 fully saturated rings. The molecule has 0 atom stereocenters. The van der Waals surface area contributed by atoms with Gasteiger partial charge >= 0.3 is 0 Å². The maximum absolute atomic E-state index is 13.6. The van der Waals surface area contributed by atoms with Crippen LogP contribution in [0.2, 0.25) is 10.0 Å². The van der Waals surface area contributed by atoms with E-state index in [1.54, 1.807) is 10.0 Å². The van der Waals surface area contributed by atoms with Gasteiger partial charge in [0.15, 0.2) is 0 Å². The minimum absolute atomic E-state index is 0.142. The van der Waals surface area contributed by atoms with Crippen LogP contribution >= 0.6 is 23.2 Å². The summed E-state index contributed by atoms with van der Waals surface area (Å²) in [5, 5.41) is 8.44. The normalized spacial score (nSPS) is 20.6. The second-order valence-corrected chi connectivity index (χ2v) is 11.1. The molecule has 3 rings (SSSR count). The third kappa shape index (κ3) is 4.65. The van der Waals surface area contributed by atoms with Crippen LogP contribution in [0, 0.1) is 0 Å². The van der Waals surface area contributed by atoms with Crippen molar-refractivity contribution in [3.8, 4) is 0 Å². The lowest BCUT2D eigenvalue weighted by atomic mass is 10.1. The van der Waals surface area contributed by atoms with Crippen LogP contribution in [0.15, 0.2) is 21.9 Å². The molecule has 2 heterocycles. The average Bonchev–Trinajstić information content (AvgIpc) is 2.62. The number of rotatable bonds is 5. The number of primary sulfonamides is 1. The van der Waals surface area contributed by atoms with Gasteiger partial charge in [0.2, 0.25) is 10.0 Å². The van der Waals surface area contributed by atoms with Gasteiger partial charge in [0.1, 0.15) is 9.79 Å². The predicted octanol–water partition coefficient (Wildman–Crippen LogP) is 2.43. The summed E-state index contributed by atoms with van der Waals surface area (Å²) in [6.45, 7) is 2.40. The van der Waals surface area contributed by atoms with E-state index in [4.69, 9.17) is 28.3 Å². The largest absolute Gasteiger partial charge is 0.271 e. The van der Waals surface area contributed by atoms with Crippen molar-refractivity contribution in [3.05, 3.63) is 22.2 Å². The van der Waals surface area contributed by atoms with Crippen molar-refractivity contribution >= 4 is 43.2 Å². The zero-order valence-electron chi connectivity index (χ0n) is 15.4. The van der Waals surface area contributed by atoms with E-state index in [2.05, 4.69) is 0 Å². The van der Waals surface area contributed by atoms with Crippen LogP contribution in [0.1, 0.15) is 38.5 Å². The van der Waals surface area contributed by atoms with Crippen LogP contribution in [0.25, 0.3) is 0 Å². The van der Waals surface area contributed by atoms with Crippen molar-refractivity contribution in [1.82, 2.24) is 14.5 Å². The molecule has 1 aromatic carbocycles. The number of hydrazine groups is 2.